The summed E-state index contributed by atoms with van der Waals surface area (Å²) in [4.78, 5) is 34.3. The number of nitrogens with zero attached hydrogens (tertiary/aromatic N) is 4. The van der Waals surface area contributed by atoms with Crippen molar-refractivity contribution in [2.75, 3.05) is 13.1 Å². The number of amides is 2. The lowest BCUT2D eigenvalue weighted by molar-refractivity contribution is -0.131. The van der Waals surface area contributed by atoms with Gasteiger partial charge in [0.15, 0.2) is 0 Å². The van der Waals surface area contributed by atoms with E-state index in [2.05, 4.69) is 15.3 Å². The summed E-state index contributed by atoms with van der Waals surface area (Å²) in [5.41, 5.74) is 2.39. The molecule has 0 spiro atoms. The van der Waals surface area contributed by atoms with Gasteiger partial charge in [0.2, 0.25) is 5.91 Å². The molecular weight excluding hydrogens is 404 g/mol. The second kappa shape index (κ2) is 8.07. The molecule has 1 saturated heterocycles. The highest BCUT2D eigenvalue weighted by atomic mass is 19.3. The number of pyridine rings is 2. The van der Waals surface area contributed by atoms with Crippen molar-refractivity contribution in [3.05, 3.63) is 60.6 Å². The summed E-state index contributed by atoms with van der Waals surface area (Å²) < 4.78 is 27.1. The maximum atomic E-state index is 13.6. The van der Waals surface area contributed by atoms with Crippen LogP contribution in [0.2, 0.25) is 0 Å². The van der Waals surface area contributed by atoms with E-state index in [1.165, 1.54) is 12.3 Å². The highest BCUT2D eigenvalue weighted by Crippen LogP contribution is 2.31. The molecule has 4 rings (SSSR count). The summed E-state index contributed by atoms with van der Waals surface area (Å²) in [5.74, 6) is -4.38. The Kier molecular flexibility index (Phi) is 5.29. The van der Waals surface area contributed by atoms with E-state index in [0.29, 0.717) is 5.56 Å². The molecule has 31 heavy (non-hydrogen) atoms. The molecule has 3 heterocycles. The van der Waals surface area contributed by atoms with E-state index >= 15 is 0 Å². The number of carbonyl (C=O) groups is 2. The van der Waals surface area contributed by atoms with Gasteiger partial charge in [0.25, 0.3) is 11.8 Å². The number of aromatic nitrogens is 2. The van der Waals surface area contributed by atoms with Crippen LogP contribution in [0.4, 0.5) is 8.78 Å². The number of hydrogen-bond donors (Lipinski definition) is 1. The molecule has 2 amide bonds. The van der Waals surface area contributed by atoms with E-state index in [1.54, 1.807) is 18.5 Å². The van der Waals surface area contributed by atoms with E-state index in [1.807, 2.05) is 30.3 Å². The number of alkyl halides is 2. The minimum Gasteiger partial charge on any atom is -0.343 e. The van der Waals surface area contributed by atoms with E-state index in [-0.39, 0.29) is 5.56 Å². The molecule has 2 aromatic heterocycles. The molecule has 1 aliphatic rings. The van der Waals surface area contributed by atoms with Gasteiger partial charge in [-0.3, -0.25) is 19.6 Å². The first-order valence-electron chi connectivity index (χ1n) is 9.52. The number of carbonyl (C=O) groups excluding carboxylic acids is 2. The largest absolute Gasteiger partial charge is 0.343 e. The van der Waals surface area contributed by atoms with Gasteiger partial charge in [-0.05, 0) is 29.8 Å². The lowest BCUT2D eigenvalue weighted by atomic mass is 10.00. The van der Waals surface area contributed by atoms with Crippen molar-refractivity contribution in [2.45, 2.75) is 18.4 Å². The van der Waals surface area contributed by atoms with Crippen LogP contribution in [0, 0.1) is 11.3 Å². The summed E-state index contributed by atoms with van der Waals surface area (Å²) in [7, 11) is 0. The van der Waals surface area contributed by atoms with Gasteiger partial charge < -0.3 is 10.2 Å². The summed E-state index contributed by atoms with van der Waals surface area (Å²) in [6.07, 6.45) is 3.99. The van der Waals surface area contributed by atoms with Gasteiger partial charge in [-0.2, -0.15) is 5.26 Å². The maximum absolute atomic E-state index is 13.6. The number of benzene rings is 1. The average Bonchev–Trinajstić information content (AvgIpc) is 3.11. The summed E-state index contributed by atoms with van der Waals surface area (Å²) in [6, 6.07) is 11.3. The molecule has 7 nitrogen and oxygen atoms in total. The fourth-order valence-corrected chi connectivity index (χ4v) is 3.61. The second-order valence-electron chi connectivity index (χ2n) is 7.24. The number of likely N-dealkylation sites (tertiary alicyclic amines) is 1. The van der Waals surface area contributed by atoms with Gasteiger partial charge in [-0.15, -0.1) is 0 Å². The number of halogens is 2. The molecule has 0 saturated carbocycles. The summed E-state index contributed by atoms with van der Waals surface area (Å²) >= 11 is 0. The Bertz CT molecular complexity index is 1210. The Balaban J connectivity index is 1.52. The molecule has 3 aromatic rings. The van der Waals surface area contributed by atoms with Crippen molar-refractivity contribution in [2.24, 2.45) is 0 Å². The number of hydrogen-bond acceptors (Lipinski definition) is 5. The summed E-state index contributed by atoms with van der Waals surface area (Å²) in [5, 5.41) is 12.4. The smallest absolute Gasteiger partial charge is 0.268 e. The minimum absolute atomic E-state index is 0.287. The van der Waals surface area contributed by atoms with Gasteiger partial charge in [0.05, 0.1) is 30.2 Å². The lowest BCUT2D eigenvalue weighted by Gasteiger charge is -2.19. The Morgan fingerprint density at radius 3 is 2.90 bits per heavy atom. The van der Waals surface area contributed by atoms with Crippen LogP contribution in [0.1, 0.15) is 16.8 Å². The molecule has 1 aliphatic heterocycles. The van der Waals surface area contributed by atoms with Gasteiger partial charge in [-0.1, -0.05) is 12.1 Å². The predicted octanol–water partition coefficient (Wildman–Crippen LogP) is 2.79. The Labute approximate surface area is 176 Å². The van der Waals surface area contributed by atoms with E-state index in [0.717, 1.165) is 21.4 Å². The maximum Gasteiger partial charge on any atom is 0.268 e. The standard InChI is InChI=1S/C22H17F2N5O2/c23-22(24)9-16(10-25)29(13-22)20(30)12-28-21(31)17-5-7-26-11-18(17)14-3-4-19-15(8-14)2-1-6-27-19/h1-8,11,16H,9,12-13H2,(H,28,31)/t16-/m0/s1. The molecule has 0 aliphatic carbocycles. The SMILES string of the molecule is N#C[C@@H]1CC(F)(F)CN1C(=O)CNC(=O)c1ccncc1-c1ccc2ncccc2c1. The summed E-state index contributed by atoms with van der Waals surface area (Å²) in [6.45, 7) is -1.32. The van der Waals surface area contributed by atoms with Crippen LogP contribution in [-0.4, -0.2) is 51.7 Å². The Morgan fingerprint density at radius 1 is 1.26 bits per heavy atom. The van der Waals surface area contributed by atoms with Gasteiger partial charge >= 0.3 is 0 Å². The first kappa shape index (κ1) is 20.3. The van der Waals surface area contributed by atoms with Crippen molar-refractivity contribution in [3.8, 4) is 17.2 Å². The van der Waals surface area contributed by atoms with Gasteiger partial charge in [-0.25, -0.2) is 8.78 Å². The Morgan fingerprint density at radius 2 is 2.10 bits per heavy atom. The van der Waals surface area contributed by atoms with Crippen LogP contribution in [0.3, 0.4) is 0 Å². The third-order valence-corrected chi connectivity index (χ3v) is 5.12. The van der Waals surface area contributed by atoms with E-state index in [4.69, 9.17) is 5.26 Å². The molecule has 9 heteroatoms. The van der Waals surface area contributed by atoms with Crippen LogP contribution in [0.15, 0.2) is 55.0 Å². The zero-order valence-corrected chi connectivity index (χ0v) is 16.3. The number of nitrogens with one attached hydrogen (secondary N) is 1. The van der Waals surface area contributed by atoms with Crippen molar-refractivity contribution in [1.29, 1.82) is 5.26 Å². The van der Waals surface area contributed by atoms with Crippen molar-refractivity contribution < 1.29 is 18.4 Å². The van der Waals surface area contributed by atoms with Crippen LogP contribution < -0.4 is 5.32 Å². The molecule has 0 radical (unpaired) electrons. The van der Waals surface area contributed by atoms with Crippen molar-refractivity contribution in [1.82, 2.24) is 20.2 Å². The third-order valence-electron chi connectivity index (χ3n) is 5.12. The predicted molar refractivity (Wildman–Crippen MR) is 108 cm³/mol. The van der Waals surface area contributed by atoms with Crippen LogP contribution in [0.25, 0.3) is 22.0 Å². The fourth-order valence-electron chi connectivity index (χ4n) is 3.61. The average molecular weight is 421 g/mol. The zero-order valence-electron chi connectivity index (χ0n) is 16.3. The van der Waals surface area contributed by atoms with Crippen LogP contribution in [-0.2, 0) is 4.79 Å². The lowest BCUT2D eigenvalue weighted by Crippen LogP contribution is -2.43. The third kappa shape index (κ3) is 4.19. The van der Waals surface area contributed by atoms with Crippen LogP contribution >= 0.6 is 0 Å². The normalized spacial score (nSPS) is 17.3. The molecule has 0 unspecified atom stereocenters. The molecule has 1 aromatic carbocycles. The van der Waals surface area contributed by atoms with Crippen molar-refractivity contribution in [3.63, 3.8) is 0 Å². The molecule has 1 atom stereocenters. The molecule has 1 N–H and O–H groups in total. The molecular formula is C22H17F2N5O2. The van der Waals surface area contributed by atoms with Crippen molar-refractivity contribution >= 4 is 22.7 Å². The first-order chi connectivity index (χ1) is 14.9. The van der Waals surface area contributed by atoms with E-state index in [9.17, 15) is 18.4 Å². The molecule has 1 fully saturated rings. The number of fused-ring (bicyclic) bond motifs is 1. The van der Waals surface area contributed by atoms with Gasteiger partial charge in [0, 0.05) is 36.0 Å². The first-order valence-corrected chi connectivity index (χ1v) is 9.52. The van der Waals surface area contributed by atoms with Gasteiger partial charge in [0.1, 0.15) is 6.04 Å². The molecule has 156 valence electrons. The highest BCUT2D eigenvalue weighted by molar-refractivity contribution is 6.02. The highest BCUT2D eigenvalue weighted by Gasteiger charge is 2.47. The monoisotopic (exact) mass is 421 g/mol. The number of nitriles is 1. The Hall–Kier alpha value is -3.93. The number of rotatable bonds is 4. The van der Waals surface area contributed by atoms with Crippen LogP contribution in [0.5, 0.6) is 0 Å². The fraction of sp³-hybridized carbons (Fsp3) is 0.227. The zero-order chi connectivity index (χ0) is 22.0. The quantitative estimate of drug-likeness (QED) is 0.699. The minimum atomic E-state index is -3.11. The topological polar surface area (TPSA) is 99.0 Å². The molecule has 0 bridgehead atoms. The van der Waals surface area contributed by atoms with E-state index < -0.39 is 43.3 Å². The second-order valence-corrected chi connectivity index (χ2v) is 7.24.